The zero-order valence-corrected chi connectivity index (χ0v) is 16.9. The van der Waals surface area contributed by atoms with Gasteiger partial charge in [-0.1, -0.05) is 0 Å². The minimum Gasteiger partial charge on any atom is -0.497 e. The fourth-order valence-electron chi connectivity index (χ4n) is 2.87. The quantitative estimate of drug-likeness (QED) is 0.442. The molecule has 1 atom stereocenters. The van der Waals surface area contributed by atoms with Gasteiger partial charge >= 0.3 is 11.8 Å². The van der Waals surface area contributed by atoms with Crippen LogP contribution in [-0.2, 0) is 24.2 Å². The van der Waals surface area contributed by atoms with E-state index in [1.54, 1.807) is 31.4 Å². The van der Waals surface area contributed by atoms with Crippen LogP contribution < -0.4 is 14.8 Å². The second-order valence-corrected chi connectivity index (χ2v) is 8.56. The van der Waals surface area contributed by atoms with Gasteiger partial charge < -0.3 is 24.4 Å². The van der Waals surface area contributed by atoms with Gasteiger partial charge in [-0.2, -0.15) is 0 Å². The number of methoxy groups -OCH3 is 2. The lowest BCUT2D eigenvalue weighted by atomic mass is 10.2. The fourth-order valence-corrected chi connectivity index (χ4v) is 4.60. The number of hydrogen-bond acceptors (Lipinski definition) is 7. The summed E-state index contributed by atoms with van der Waals surface area (Å²) in [6, 6.07) is 6.47. The van der Waals surface area contributed by atoms with E-state index in [1.165, 1.54) is 12.0 Å². The molecule has 156 valence electrons. The molecule has 2 rings (SSSR count). The molecule has 28 heavy (non-hydrogen) atoms. The van der Waals surface area contributed by atoms with Gasteiger partial charge in [0.25, 0.3) is 0 Å². The van der Waals surface area contributed by atoms with E-state index in [2.05, 4.69) is 5.32 Å². The summed E-state index contributed by atoms with van der Waals surface area (Å²) in [5.41, 5.74) is 0. The Morgan fingerprint density at radius 1 is 1.14 bits per heavy atom. The smallest absolute Gasteiger partial charge is 0.312 e. The summed E-state index contributed by atoms with van der Waals surface area (Å²) in [6.45, 7) is 0.695. The van der Waals surface area contributed by atoms with E-state index in [0.29, 0.717) is 17.9 Å². The highest BCUT2D eigenvalue weighted by Gasteiger charge is 2.36. The van der Waals surface area contributed by atoms with E-state index in [-0.39, 0.29) is 37.8 Å². The first-order valence-corrected chi connectivity index (χ1v) is 10.7. The molecule has 2 amide bonds. The Bertz CT molecular complexity index is 765. The van der Waals surface area contributed by atoms with Gasteiger partial charge in [0.2, 0.25) is 0 Å². The molecular formula is C18H26N2O7S. The lowest BCUT2D eigenvalue weighted by molar-refractivity contribution is -0.147. The Labute approximate surface area is 164 Å². The third-order valence-corrected chi connectivity index (χ3v) is 6.11. The number of hydrogen-bond donors (Lipinski definition) is 1. The Hall–Kier alpha value is -2.33. The molecule has 10 heteroatoms. The molecule has 1 aliphatic rings. The van der Waals surface area contributed by atoms with Crippen molar-refractivity contribution in [2.45, 2.75) is 12.5 Å². The molecule has 1 saturated heterocycles. The normalized spacial score (nSPS) is 17.7. The van der Waals surface area contributed by atoms with Crippen LogP contribution in [-0.4, -0.2) is 83.2 Å². The fraction of sp³-hybridized carbons (Fsp3) is 0.556. The van der Waals surface area contributed by atoms with Gasteiger partial charge in [0.1, 0.15) is 18.1 Å². The average molecular weight is 414 g/mol. The molecule has 1 N–H and O–H groups in total. The van der Waals surface area contributed by atoms with Gasteiger partial charge in [-0.05, 0) is 30.7 Å². The Kier molecular flexibility index (Phi) is 8.06. The van der Waals surface area contributed by atoms with Crippen molar-refractivity contribution in [3.05, 3.63) is 24.3 Å². The molecule has 0 aromatic heterocycles. The molecular weight excluding hydrogens is 388 g/mol. The molecule has 1 aromatic rings. The van der Waals surface area contributed by atoms with Crippen molar-refractivity contribution in [3.8, 4) is 11.5 Å². The van der Waals surface area contributed by atoms with Gasteiger partial charge in [0, 0.05) is 19.7 Å². The first-order chi connectivity index (χ1) is 13.4. The monoisotopic (exact) mass is 414 g/mol. The molecule has 1 fully saturated rings. The van der Waals surface area contributed by atoms with Crippen LogP contribution in [0.2, 0.25) is 0 Å². The number of carbonyl (C=O) groups excluding carboxylic acids is 2. The van der Waals surface area contributed by atoms with Crippen LogP contribution in [0.1, 0.15) is 6.42 Å². The summed E-state index contributed by atoms with van der Waals surface area (Å²) in [5.74, 6) is -0.347. The lowest BCUT2D eigenvalue weighted by Gasteiger charge is -2.27. The van der Waals surface area contributed by atoms with Crippen LogP contribution in [0.25, 0.3) is 0 Å². The number of benzene rings is 1. The number of ether oxygens (including phenoxy) is 3. The molecule has 1 heterocycles. The predicted octanol–water partition coefficient (Wildman–Crippen LogP) is -0.148. The van der Waals surface area contributed by atoms with Gasteiger partial charge in [-0.25, -0.2) is 8.42 Å². The third-order valence-electron chi connectivity index (χ3n) is 4.36. The highest BCUT2D eigenvalue weighted by Crippen LogP contribution is 2.18. The third kappa shape index (κ3) is 6.38. The number of nitrogens with one attached hydrogen (secondary N) is 1. The minimum atomic E-state index is -3.18. The SMILES string of the molecule is COCCN(C(=O)C(=O)NCCOc1ccc(OC)cc1)C1CCS(=O)(=O)C1. The standard InChI is InChI=1S/C18H26N2O7S/c1-25-11-9-20(14-7-12-28(23,24)13-14)18(22)17(21)19-8-10-27-16-5-3-15(26-2)4-6-16/h3-6,14H,7-13H2,1-2H3,(H,19,21). The number of carbonyl (C=O) groups is 2. The Balaban J connectivity index is 1.83. The molecule has 0 bridgehead atoms. The topological polar surface area (TPSA) is 111 Å². The summed E-state index contributed by atoms with van der Waals surface area (Å²) in [4.78, 5) is 26.0. The second kappa shape index (κ2) is 10.3. The van der Waals surface area contributed by atoms with Gasteiger partial charge in [0.15, 0.2) is 9.84 Å². The van der Waals surface area contributed by atoms with Crippen molar-refractivity contribution < 1.29 is 32.2 Å². The molecule has 1 aliphatic heterocycles. The Morgan fingerprint density at radius 2 is 1.82 bits per heavy atom. The summed E-state index contributed by atoms with van der Waals surface area (Å²) in [5, 5.41) is 2.51. The van der Waals surface area contributed by atoms with Gasteiger partial charge in [0.05, 0.1) is 31.8 Å². The van der Waals surface area contributed by atoms with Crippen molar-refractivity contribution in [2.24, 2.45) is 0 Å². The van der Waals surface area contributed by atoms with E-state index in [0.717, 1.165) is 0 Å². The van der Waals surface area contributed by atoms with Crippen LogP contribution in [0.3, 0.4) is 0 Å². The molecule has 9 nitrogen and oxygen atoms in total. The summed E-state index contributed by atoms with van der Waals surface area (Å²) in [7, 11) is -0.131. The Morgan fingerprint density at radius 3 is 2.39 bits per heavy atom. The maximum atomic E-state index is 12.5. The molecule has 0 spiro atoms. The van der Waals surface area contributed by atoms with E-state index < -0.39 is 27.7 Å². The molecule has 1 unspecified atom stereocenters. The number of amides is 2. The van der Waals surface area contributed by atoms with Crippen molar-refractivity contribution in [1.29, 1.82) is 0 Å². The van der Waals surface area contributed by atoms with Crippen molar-refractivity contribution in [1.82, 2.24) is 10.2 Å². The van der Waals surface area contributed by atoms with Gasteiger partial charge in [-0.15, -0.1) is 0 Å². The van der Waals surface area contributed by atoms with Crippen LogP contribution >= 0.6 is 0 Å². The maximum absolute atomic E-state index is 12.5. The average Bonchev–Trinajstić information content (AvgIpc) is 3.05. The molecule has 1 aromatic carbocycles. The van der Waals surface area contributed by atoms with E-state index in [4.69, 9.17) is 14.2 Å². The molecule has 0 radical (unpaired) electrons. The van der Waals surface area contributed by atoms with E-state index in [9.17, 15) is 18.0 Å². The number of nitrogens with zero attached hydrogens (tertiary/aromatic N) is 1. The summed E-state index contributed by atoms with van der Waals surface area (Å²) < 4.78 is 38.9. The van der Waals surface area contributed by atoms with Crippen LogP contribution in [0.5, 0.6) is 11.5 Å². The van der Waals surface area contributed by atoms with Crippen LogP contribution in [0.4, 0.5) is 0 Å². The molecule has 0 saturated carbocycles. The summed E-state index contributed by atoms with van der Waals surface area (Å²) >= 11 is 0. The largest absolute Gasteiger partial charge is 0.497 e. The first-order valence-electron chi connectivity index (χ1n) is 8.91. The number of sulfone groups is 1. The van der Waals surface area contributed by atoms with Crippen LogP contribution in [0.15, 0.2) is 24.3 Å². The van der Waals surface area contributed by atoms with Crippen molar-refractivity contribution in [3.63, 3.8) is 0 Å². The predicted molar refractivity (Wildman–Crippen MR) is 102 cm³/mol. The zero-order chi connectivity index (χ0) is 20.6. The first kappa shape index (κ1) is 22.0. The zero-order valence-electron chi connectivity index (χ0n) is 16.0. The van der Waals surface area contributed by atoms with Crippen molar-refractivity contribution in [2.75, 3.05) is 52.0 Å². The maximum Gasteiger partial charge on any atom is 0.312 e. The van der Waals surface area contributed by atoms with Gasteiger partial charge in [-0.3, -0.25) is 9.59 Å². The number of rotatable bonds is 9. The van der Waals surface area contributed by atoms with E-state index in [1.807, 2.05) is 0 Å². The van der Waals surface area contributed by atoms with Crippen LogP contribution in [0, 0.1) is 0 Å². The lowest BCUT2D eigenvalue weighted by Crippen LogP contribution is -2.50. The summed E-state index contributed by atoms with van der Waals surface area (Å²) in [6.07, 6.45) is 0.325. The highest BCUT2D eigenvalue weighted by molar-refractivity contribution is 7.91. The highest BCUT2D eigenvalue weighted by atomic mass is 32.2. The molecule has 0 aliphatic carbocycles. The van der Waals surface area contributed by atoms with Crippen molar-refractivity contribution >= 4 is 21.7 Å². The minimum absolute atomic E-state index is 0.0196. The second-order valence-electron chi connectivity index (χ2n) is 6.33. The van der Waals surface area contributed by atoms with E-state index >= 15 is 0 Å².